The van der Waals surface area contributed by atoms with Gasteiger partial charge in [-0.1, -0.05) is 78.9 Å². The van der Waals surface area contributed by atoms with Crippen LogP contribution in [0.3, 0.4) is 0 Å². The topological polar surface area (TPSA) is 43.4 Å². The maximum absolute atomic E-state index is 13.9. The highest BCUT2D eigenvalue weighted by atomic mass is 31.2. The van der Waals surface area contributed by atoms with Crippen LogP contribution in [0.5, 0.6) is 5.75 Å². The van der Waals surface area contributed by atoms with Gasteiger partial charge >= 0.3 is 0 Å². The molecule has 138 valence electrons. The Kier molecular flexibility index (Phi) is 5.93. The van der Waals surface area contributed by atoms with E-state index in [0.717, 1.165) is 10.9 Å². The fraction of sp³-hybridized carbons (Fsp3) is 0.174. The Morgan fingerprint density at radius 1 is 0.889 bits per heavy atom. The highest BCUT2D eigenvalue weighted by Gasteiger charge is 2.35. The molecule has 0 aliphatic heterocycles. The van der Waals surface area contributed by atoms with E-state index in [1.165, 1.54) is 0 Å². The minimum Gasteiger partial charge on any atom is -0.496 e. The molecule has 3 rings (SSSR count). The lowest BCUT2D eigenvalue weighted by atomic mass is 10.0. The highest BCUT2D eigenvalue weighted by molar-refractivity contribution is 7.71. The van der Waals surface area contributed by atoms with E-state index in [4.69, 9.17) is 4.74 Å². The Morgan fingerprint density at radius 2 is 1.44 bits per heavy atom. The molecule has 1 unspecified atom stereocenters. The van der Waals surface area contributed by atoms with Gasteiger partial charge in [0.25, 0.3) is 0 Å². The molecule has 3 aromatic rings. The number of para-hydroxylation sites is 1. The van der Waals surface area contributed by atoms with E-state index in [2.05, 4.69) is 0 Å². The molecule has 0 heterocycles. The molecule has 2 atom stereocenters. The number of hydrogen-bond donors (Lipinski definition) is 0. The van der Waals surface area contributed by atoms with Crippen LogP contribution in [0.4, 0.5) is 0 Å². The molecular weight excluding hydrogens is 355 g/mol. The lowest BCUT2D eigenvalue weighted by Crippen LogP contribution is -2.15. The maximum Gasteiger partial charge on any atom is 0.163 e. The summed E-state index contributed by atoms with van der Waals surface area (Å²) in [5.74, 6) is 0.630. The zero-order valence-corrected chi connectivity index (χ0v) is 16.4. The molecule has 0 spiro atoms. The van der Waals surface area contributed by atoms with Gasteiger partial charge in [0.15, 0.2) is 5.78 Å². The Morgan fingerprint density at radius 3 is 2.07 bits per heavy atom. The van der Waals surface area contributed by atoms with Crippen LogP contribution in [0.2, 0.25) is 0 Å². The molecule has 0 bridgehead atoms. The average molecular weight is 378 g/mol. The molecule has 0 saturated heterocycles. The molecule has 0 aliphatic rings. The first-order chi connectivity index (χ1) is 13.0. The summed E-state index contributed by atoms with van der Waals surface area (Å²) in [7, 11) is -1.30. The Balaban J connectivity index is 2.07. The third-order valence-corrected chi connectivity index (χ3v) is 7.81. The third-order valence-electron chi connectivity index (χ3n) is 4.84. The Labute approximate surface area is 160 Å². The first-order valence-electron chi connectivity index (χ1n) is 8.88. The van der Waals surface area contributed by atoms with Crippen LogP contribution in [0, 0.1) is 0 Å². The molecule has 3 nitrogen and oxygen atoms in total. The van der Waals surface area contributed by atoms with Crippen LogP contribution < -0.4 is 10.0 Å². The molecule has 3 aromatic carbocycles. The number of ketones is 1. The lowest BCUT2D eigenvalue weighted by molar-refractivity contribution is 0.0980. The number of benzene rings is 3. The standard InChI is InChI=1S/C23H23O3P/c1-26-22-16-10-9-15-20(22)23(17-21(24)18-11-5-3-6-12-18)27(2,25)19-13-7-4-8-14-19/h3-16,23H,17H2,1-2H3/t23-,27?/m0/s1. The van der Waals surface area contributed by atoms with Crippen LogP contribution in [0.15, 0.2) is 84.9 Å². The van der Waals surface area contributed by atoms with Crippen molar-refractivity contribution in [3.8, 4) is 5.75 Å². The van der Waals surface area contributed by atoms with Crippen molar-refractivity contribution in [2.75, 3.05) is 13.8 Å². The van der Waals surface area contributed by atoms with Crippen LogP contribution in [0.25, 0.3) is 0 Å². The first-order valence-corrected chi connectivity index (χ1v) is 11.1. The second-order valence-corrected chi connectivity index (χ2v) is 9.70. The quantitative estimate of drug-likeness (QED) is 0.412. The second kappa shape index (κ2) is 8.37. The summed E-state index contributed by atoms with van der Waals surface area (Å²) in [5.41, 5.74) is 0.980. The third kappa shape index (κ3) is 4.20. The zero-order chi connectivity index (χ0) is 19.3. The number of methoxy groups -OCH3 is 1. The summed E-state index contributed by atoms with van der Waals surface area (Å²) < 4.78 is 19.5. The van der Waals surface area contributed by atoms with Crippen molar-refractivity contribution in [3.63, 3.8) is 0 Å². The normalized spacial score (nSPS) is 14.1. The van der Waals surface area contributed by atoms with E-state index in [9.17, 15) is 9.36 Å². The second-order valence-electron chi connectivity index (χ2n) is 6.58. The molecular formula is C23H23O3P. The lowest BCUT2D eigenvalue weighted by Gasteiger charge is -2.26. The monoisotopic (exact) mass is 378 g/mol. The molecule has 0 aromatic heterocycles. The van der Waals surface area contributed by atoms with Crippen LogP contribution in [-0.2, 0) is 4.57 Å². The molecule has 0 aliphatic carbocycles. The molecule has 0 N–H and O–H groups in total. The Bertz CT molecular complexity index is 952. The van der Waals surface area contributed by atoms with E-state index in [1.54, 1.807) is 25.9 Å². The van der Waals surface area contributed by atoms with Crippen molar-refractivity contribution < 1.29 is 14.1 Å². The van der Waals surface area contributed by atoms with E-state index in [0.29, 0.717) is 11.3 Å². The van der Waals surface area contributed by atoms with Gasteiger partial charge in [0, 0.05) is 22.9 Å². The van der Waals surface area contributed by atoms with Crippen molar-refractivity contribution >= 4 is 18.2 Å². The number of carbonyl (C=O) groups is 1. The van der Waals surface area contributed by atoms with Gasteiger partial charge < -0.3 is 9.30 Å². The van der Waals surface area contributed by atoms with E-state index in [-0.39, 0.29) is 12.2 Å². The number of hydrogen-bond acceptors (Lipinski definition) is 3. The van der Waals surface area contributed by atoms with Crippen molar-refractivity contribution in [1.82, 2.24) is 0 Å². The number of Topliss-reactive ketones (excluding diaryl/α,β-unsaturated/α-hetero) is 1. The first kappa shape index (κ1) is 19.1. The molecule has 0 fully saturated rings. The predicted molar refractivity (Wildman–Crippen MR) is 111 cm³/mol. The summed E-state index contributed by atoms with van der Waals surface area (Å²) in [6, 6.07) is 26.1. The van der Waals surface area contributed by atoms with Gasteiger partial charge in [0.2, 0.25) is 0 Å². The van der Waals surface area contributed by atoms with Crippen molar-refractivity contribution in [1.29, 1.82) is 0 Å². The SMILES string of the molecule is COc1ccccc1[C@H](CC(=O)c1ccccc1)P(C)(=O)c1ccccc1. The molecule has 4 heteroatoms. The van der Waals surface area contributed by atoms with Crippen molar-refractivity contribution in [2.45, 2.75) is 12.1 Å². The molecule has 0 radical (unpaired) electrons. The Hall–Kier alpha value is -2.64. The van der Waals surface area contributed by atoms with Crippen molar-refractivity contribution in [2.24, 2.45) is 0 Å². The zero-order valence-electron chi connectivity index (χ0n) is 15.5. The summed E-state index contributed by atoms with van der Waals surface area (Å²) in [5, 5.41) is 0.766. The summed E-state index contributed by atoms with van der Waals surface area (Å²) in [6.45, 7) is 1.76. The predicted octanol–water partition coefficient (Wildman–Crippen LogP) is 5.33. The van der Waals surface area contributed by atoms with Gasteiger partial charge in [-0.2, -0.15) is 0 Å². The van der Waals surface area contributed by atoms with Gasteiger partial charge in [-0.25, -0.2) is 0 Å². The van der Waals surface area contributed by atoms with Gasteiger partial charge in [-0.05, 0) is 12.7 Å². The number of ether oxygens (including phenoxy) is 1. The smallest absolute Gasteiger partial charge is 0.163 e. The van der Waals surface area contributed by atoms with Crippen molar-refractivity contribution in [3.05, 3.63) is 96.1 Å². The summed E-state index contributed by atoms with van der Waals surface area (Å²) in [4.78, 5) is 12.9. The highest BCUT2D eigenvalue weighted by Crippen LogP contribution is 2.58. The van der Waals surface area contributed by atoms with E-state index < -0.39 is 12.8 Å². The fourth-order valence-corrected chi connectivity index (χ4v) is 5.70. The maximum atomic E-state index is 13.9. The van der Waals surface area contributed by atoms with Gasteiger partial charge in [-0.15, -0.1) is 0 Å². The van der Waals surface area contributed by atoms with Gasteiger partial charge in [-0.3, -0.25) is 4.79 Å². The van der Waals surface area contributed by atoms with E-state index in [1.807, 2.05) is 72.8 Å². The minimum absolute atomic E-state index is 0.0236. The van der Waals surface area contributed by atoms with Crippen LogP contribution in [0.1, 0.15) is 28.0 Å². The number of rotatable bonds is 7. The largest absolute Gasteiger partial charge is 0.496 e. The fourth-order valence-electron chi connectivity index (χ4n) is 3.31. The van der Waals surface area contributed by atoms with Crippen LogP contribution in [-0.4, -0.2) is 19.6 Å². The summed E-state index contributed by atoms with van der Waals surface area (Å²) >= 11 is 0. The minimum atomic E-state index is -2.89. The summed E-state index contributed by atoms with van der Waals surface area (Å²) in [6.07, 6.45) is 0.160. The molecule has 0 saturated carbocycles. The molecule has 0 amide bonds. The molecule has 27 heavy (non-hydrogen) atoms. The van der Waals surface area contributed by atoms with Gasteiger partial charge in [0.05, 0.1) is 12.8 Å². The number of carbonyl (C=O) groups excluding carboxylic acids is 1. The van der Waals surface area contributed by atoms with E-state index >= 15 is 0 Å². The van der Waals surface area contributed by atoms with Crippen LogP contribution >= 0.6 is 7.14 Å². The average Bonchev–Trinajstić information content (AvgIpc) is 2.73. The van der Waals surface area contributed by atoms with Gasteiger partial charge in [0.1, 0.15) is 12.9 Å².